The second-order valence-electron chi connectivity index (χ2n) is 7.35. The molecule has 0 saturated carbocycles. The zero-order chi connectivity index (χ0) is 21.1. The van der Waals surface area contributed by atoms with Gasteiger partial charge in [0.15, 0.2) is 5.16 Å². The number of imidazole rings is 1. The minimum absolute atomic E-state index is 0.00191. The van der Waals surface area contributed by atoms with Crippen molar-refractivity contribution in [2.75, 3.05) is 11.9 Å². The van der Waals surface area contributed by atoms with Crippen LogP contribution in [0.3, 0.4) is 0 Å². The smallest absolute Gasteiger partial charge is 0.246 e. The maximum absolute atomic E-state index is 13.0. The van der Waals surface area contributed by atoms with Crippen LogP contribution in [0, 0.1) is 13.8 Å². The highest BCUT2D eigenvalue weighted by Gasteiger charge is 2.18. The van der Waals surface area contributed by atoms with Crippen LogP contribution in [0.25, 0.3) is 11.0 Å². The summed E-state index contributed by atoms with van der Waals surface area (Å²) in [5.41, 5.74) is 6.38. The van der Waals surface area contributed by atoms with E-state index in [-0.39, 0.29) is 12.5 Å². The van der Waals surface area contributed by atoms with Crippen LogP contribution in [-0.2, 0) is 17.1 Å². The summed E-state index contributed by atoms with van der Waals surface area (Å²) in [7, 11) is 1.80. The van der Waals surface area contributed by atoms with Crippen molar-refractivity contribution in [3.05, 3.63) is 83.7 Å². The number of aromatic nitrogens is 3. The van der Waals surface area contributed by atoms with Crippen LogP contribution < -0.4 is 4.90 Å². The number of fused-ring (bicyclic) bond motifs is 1. The average Bonchev–Trinajstić information content (AvgIpc) is 3.11. The summed E-state index contributed by atoms with van der Waals surface area (Å²) in [6.07, 6.45) is 3.51. The quantitative estimate of drug-likeness (QED) is 0.415. The number of thioether (sulfide) groups is 1. The fraction of sp³-hybridized carbons (Fsp3) is 0.208. The number of para-hydroxylation sites is 1. The number of aryl methyl sites for hydroxylation is 2. The van der Waals surface area contributed by atoms with Crippen LogP contribution in [0.15, 0.2) is 72.1 Å². The molecular weight excluding hydrogens is 392 g/mol. The van der Waals surface area contributed by atoms with Gasteiger partial charge in [-0.2, -0.15) is 0 Å². The second kappa shape index (κ2) is 8.71. The molecule has 0 atom stereocenters. The molecular formula is C24H24N4OS. The molecule has 0 saturated heterocycles. The minimum Gasteiger partial charge on any atom is -0.314 e. The van der Waals surface area contributed by atoms with E-state index in [9.17, 15) is 4.79 Å². The maximum Gasteiger partial charge on any atom is 0.246 e. The van der Waals surface area contributed by atoms with E-state index in [0.29, 0.717) is 0 Å². The van der Waals surface area contributed by atoms with Crippen molar-refractivity contribution in [3.8, 4) is 0 Å². The third-order valence-electron chi connectivity index (χ3n) is 5.19. The van der Waals surface area contributed by atoms with E-state index in [2.05, 4.69) is 37.0 Å². The Kier molecular flexibility index (Phi) is 5.86. The lowest BCUT2D eigenvalue weighted by atomic mass is 10.1. The molecule has 6 heteroatoms. The molecule has 0 spiro atoms. The second-order valence-corrected chi connectivity index (χ2v) is 8.29. The predicted molar refractivity (Wildman–Crippen MR) is 123 cm³/mol. The molecule has 4 aromatic rings. The first-order valence-electron chi connectivity index (χ1n) is 9.83. The Bertz CT molecular complexity index is 1190. The van der Waals surface area contributed by atoms with Gasteiger partial charge in [-0.15, -0.1) is 0 Å². The van der Waals surface area contributed by atoms with Gasteiger partial charge in [-0.3, -0.25) is 9.78 Å². The number of likely N-dealkylation sites (N-methyl/N-ethyl adjacent to an activating group) is 1. The standard InChI is InChI=1S/C24H24N4OS/c1-17-9-10-18(2)19(13-17)16-30-24-26-21-11-12-25-14-22(21)28(24)15-23(29)27(3)20-7-5-4-6-8-20/h4-14H,15-16H2,1-3H3. The van der Waals surface area contributed by atoms with Crippen molar-refractivity contribution >= 4 is 34.4 Å². The lowest BCUT2D eigenvalue weighted by Crippen LogP contribution is -2.30. The highest BCUT2D eigenvalue weighted by atomic mass is 32.2. The van der Waals surface area contributed by atoms with Gasteiger partial charge in [0.1, 0.15) is 6.54 Å². The van der Waals surface area contributed by atoms with E-state index in [1.807, 2.05) is 41.0 Å². The number of hydrogen-bond donors (Lipinski definition) is 0. The van der Waals surface area contributed by atoms with Crippen molar-refractivity contribution in [2.24, 2.45) is 0 Å². The fourth-order valence-electron chi connectivity index (χ4n) is 3.35. The summed E-state index contributed by atoms with van der Waals surface area (Å²) in [6.45, 7) is 4.44. The highest BCUT2D eigenvalue weighted by Crippen LogP contribution is 2.28. The summed E-state index contributed by atoms with van der Waals surface area (Å²) in [4.78, 5) is 23.7. The molecule has 1 amide bonds. The molecule has 0 aliphatic carbocycles. The average molecular weight is 417 g/mol. The fourth-order valence-corrected chi connectivity index (χ4v) is 4.42. The molecule has 0 radical (unpaired) electrons. The van der Waals surface area contributed by atoms with Crippen molar-refractivity contribution in [1.29, 1.82) is 0 Å². The van der Waals surface area contributed by atoms with Gasteiger partial charge in [0.2, 0.25) is 5.91 Å². The summed E-state index contributed by atoms with van der Waals surface area (Å²) < 4.78 is 1.97. The summed E-state index contributed by atoms with van der Waals surface area (Å²) >= 11 is 1.65. The summed E-state index contributed by atoms with van der Waals surface area (Å²) in [5.74, 6) is 0.797. The van der Waals surface area contributed by atoms with Crippen molar-refractivity contribution < 1.29 is 4.79 Å². The lowest BCUT2D eigenvalue weighted by Gasteiger charge is -2.18. The molecule has 2 aromatic carbocycles. The third kappa shape index (κ3) is 4.24. The number of hydrogen-bond acceptors (Lipinski definition) is 4. The summed E-state index contributed by atoms with van der Waals surface area (Å²) in [6, 6.07) is 18.0. The highest BCUT2D eigenvalue weighted by molar-refractivity contribution is 7.98. The first-order valence-corrected chi connectivity index (χ1v) is 10.8. The molecule has 152 valence electrons. The minimum atomic E-state index is -0.00191. The Labute approximate surface area is 180 Å². The van der Waals surface area contributed by atoms with Gasteiger partial charge in [0.05, 0.1) is 17.2 Å². The van der Waals surface area contributed by atoms with Gasteiger partial charge in [0, 0.05) is 24.7 Å². The summed E-state index contributed by atoms with van der Waals surface area (Å²) in [5, 5.41) is 0.828. The largest absolute Gasteiger partial charge is 0.314 e. The van der Waals surface area contributed by atoms with E-state index in [1.54, 1.807) is 36.1 Å². The van der Waals surface area contributed by atoms with Crippen LogP contribution in [0.1, 0.15) is 16.7 Å². The first kappa shape index (κ1) is 20.2. The Morgan fingerprint density at radius 2 is 1.90 bits per heavy atom. The normalized spacial score (nSPS) is 11.0. The number of anilines is 1. The van der Waals surface area contributed by atoms with Gasteiger partial charge in [-0.05, 0) is 43.2 Å². The van der Waals surface area contributed by atoms with Crippen LogP contribution in [0.5, 0.6) is 0 Å². The maximum atomic E-state index is 13.0. The molecule has 30 heavy (non-hydrogen) atoms. The number of rotatable bonds is 6. The van der Waals surface area contributed by atoms with Gasteiger partial charge in [-0.1, -0.05) is 53.7 Å². The zero-order valence-electron chi connectivity index (χ0n) is 17.4. The molecule has 5 nitrogen and oxygen atoms in total. The zero-order valence-corrected chi connectivity index (χ0v) is 18.2. The number of nitrogens with zero attached hydrogens (tertiary/aromatic N) is 4. The van der Waals surface area contributed by atoms with E-state index in [1.165, 1.54) is 16.7 Å². The Morgan fingerprint density at radius 3 is 2.70 bits per heavy atom. The molecule has 4 rings (SSSR count). The van der Waals surface area contributed by atoms with Crippen LogP contribution in [0.4, 0.5) is 5.69 Å². The van der Waals surface area contributed by atoms with Gasteiger partial charge >= 0.3 is 0 Å². The molecule has 0 bridgehead atoms. The van der Waals surface area contributed by atoms with E-state index < -0.39 is 0 Å². The van der Waals surface area contributed by atoms with Crippen LogP contribution in [0.2, 0.25) is 0 Å². The van der Waals surface area contributed by atoms with Crippen molar-refractivity contribution in [1.82, 2.24) is 14.5 Å². The number of carbonyl (C=O) groups is 1. The monoisotopic (exact) mass is 416 g/mol. The van der Waals surface area contributed by atoms with E-state index in [4.69, 9.17) is 4.98 Å². The topological polar surface area (TPSA) is 51.0 Å². The molecule has 0 aliphatic heterocycles. The van der Waals surface area contributed by atoms with Crippen molar-refractivity contribution in [2.45, 2.75) is 31.3 Å². The van der Waals surface area contributed by atoms with Gasteiger partial charge in [0.25, 0.3) is 0 Å². The molecule has 2 heterocycles. The van der Waals surface area contributed by atoms with Crippen LogP contribution in [-0.4, -0.2) is 27.5 Å². The molecule has 0 fully saturated rings. The van der Waals surface area contributed by atoms with Crippen LogP contribution >= 0.6 is 11.8 Å². The number of carbonyl (C=O) groups excluding carboxylic acids is 1. The van der Waals surface area contributed by atoms with E-state index >= 15 is 0 Å². The molecule has 0 aliphatic rings. The first-order chi connectivity index (χ1) is 14.5. The molecule has 2 aromatic heterocycles. The number of amides is 1. The van der Waals surface area contributed by atoms with Gasteiger partial charge in [-0.25, -0.2) is 4.98 Å². The Hall–Kier alpha value is -3.12. The number of pyridine rings is 1. The Morgan fingerprint density at radius 1 is 1.10 bits per heavy atom. The van der Waals surface area contributed by atoms with Gasteiger partial charge < -0.3 is 9.47 Å². The molecule has 0 N–H and O–H groups in total. The SMILES string of the molecule is Cc1ccc(C)c(CSc2nc3ccncc3n2CC(=O)N(C)c2ccccc2)c1. The van der Waals surface area contributed by atoms with E-state index in [0.717, 1.165) is 27.6 Å². The number of benzene rings is 2. The third-order valence-corrected chi connectivity index (χ3v) is 6.21. The van der Waals surface area contributed by atoms with Crippen molar-refractivity contribution in [3.63, 3.8) is 0 Å². The lowest BCUT2D eigenvalue weighted by molar-refractivity contribution is -0.118. The predicted octanol–water partition coefficient (Wildman–Crippen LogP) is 5.00. The Balaban J connectivity index is 1.62. The molecule has 0 unspecified atom stereocenters.